The Labute approximate surface area is 166 Å². The van der Waals surface area contributed by atoms with Gasteiger partial charge in [0.05, 0.1) is 13.2 Å². The van der Waals surface area contributed by atoms with Crippen molar-refractivity contribution >= 4 is 11.8 Å². The number of carboxylic acid groups (broad SMARTS) is 1. The third-order valence-electron chi connectivity index (χ3n) is 3.84. The predicted octanol–water partition coefficient (Wildman–Crippen LogP) is 3.56. The van der Waals surface area contributed by atoms with Gasteiger partial charge in [-0.15, -0.1) is 0 Å². The van der Waals surface area contributed by atoms with Gasteiger partial charge >= 0.3 is 5.97 Å². The second kappa shape index (κ2) is 15.9. The van der Waals surface area contributed by atoms with Crippen LogP contribution in [0.4, 0.5) is 0 Å². The van der Waals surface area contributed by atoms with Crippen molar-refractivity contribution in [3.05, 3.63) is 0 Å². The predicted molar refractivity (Wildman–Crippen MR) is 92.0 cm³/mol. The zero-order chi connectivity index (χ0) is 18.4. The first-order chi connectivity index (χ1) is 11.5. The maximum Gasteiger partial charge on any atom is 0.344 e. The molecule has 1 unspecified atom stereocenters. The summed E-state index contributed by atoms with van der Waals surface area (Å²) in [6.07, 6.45) is 3.79. The van der Waals surface area contributed by atoms with Crippen LogP contribution < -0.4 is 0 Å². The number of ether oxygens (including phenoxy) is 3. The van der Waals surface area contributed by atoms with E-state index in [1.165, 1.54) is 0 Å². The standard InChI is InChI=1S/C18H34O6.Ti/c1-5-9-12-22-16(23-13-10-6-2)15(19)18(8-4,17(20)21)24-14-11-7-3;/h16H,5-14H2,1-4H3,(H,20,21);. The molecule has 7 heteroatoms. The molecular weight excluding hydrogens is 360 g/mol. The Bertz CT molecular complexity index is 353. The van der Waals surface area contributed by atoms with Gasteiger partial charge in [0.1, 0.15) is 0 Å². The molecule has 1 N–H and O–H groups in total. The Morgan fingerprint density at radius 2 is 1.32 bits per heavy atom. The first-order valence-electron chi connectivity index (χ1n) is 9.14. The fourth-order valence-electron chi connectivity index (χ4n) is 2.12. The van der Waals surface area contributed by atoms with E-state index in [0.29, 0.717) is 19.6 Å². The van der Waals surface area contributed by atoms with Crippen LogP contribution in [0.25, 0.3) is 0 Å². The van der Waals surface area contributed by atoms with Gasteiger partial charge in [-0.3, -0.25) is 4.79 Å². The van der Waals surface area contributed by atoms with E-state index < -0.39 is 23.6 Å². The monoisotopic (exact) mass is 394 g/mol. The molecule has 25 heavy (non-hydrogen) atoms. The minimum atomic E-state index is -1.90. The largest absolute Gasteiger partial charge is 0.479 e. The van der Waals surface area contributed by atoms with Gasteiger partial charge in [0.15, 0.2) is 0 Å². The summed E-state index contributed by atoms with van der Waals surface area (Å²) < 4.78 is 16.6. The molecule has 0 aromatic heterocycles. The first-order valence-corrected chi connectivity index (χ1v) is 9.14. The first kappa shape index (κ1) is 27.0. The molecule has 1 atom stereocenters. The molecule has 0 heterocycles. The average Bonchev–Trinajstić information content (AvgIpc) is 2.57. The molecule has 0 aromatic carbocycles. The molecule has 0 fully saturated rings. The van der Waals surface area contributed by atoms with E-state index in [2.05, 4.69) is 0 Å². The van der Waals surface area contributed by atoms with Crippen LogP contribution in [0.15, 0.2) is 0 Å². The molecule has 0 saturated carbocycles. The number of carbonyl (C=O) groups is 2. The number of unbranched alkanes of at least 4 members (excludes halogenated alkanes) is 3. The molecule has 0 radical (unpaired) electrons. The van der Waals surface area contributed by atoms with Crippen LogP contribution in [0.1, 0.15) is 72.6 Å². The maximum absolute atomic E-state index is 12.9. The number of aliphatic carboxylic acids is 1. The van der Waals surface area contributed by atoms with Crippen molar-refractivity contribution in [3.8, 4) is 0 Å². The summed E-state index contributed by atoms with van der Waals surface area (Å²) >= 11 is 0. The average molecular weight is 394 g/mol. The van der Waals surface area contributed by atoms with Crippen LogP contribution in [0.3, 0.4) is 0 Å². The smallest absolute Gasteiger partial charge is 0.344 e. The van der Waals surface area contributed by atoms with E-state index in [1.807, 2.05) is 20.8 Å². The van der Waals surface area contributed by atoms with Gasteiger partial charge in [-0.05, 0) is 25.7 Å². The molecule has 0 aromatic rings. The molecule has 0 rings (SSSR count). The number of rotatable bonds is 16. The van der Waals surface area contributed by atoms with E-state index in [1.54, 1.807) is 6.92 Å². The van der Waals surface area contributed by atoms with Crippen LogP contribution in [0.2, 0.25) is 0 Å². The van der Waals surface area contributed by atoms with E-state index >= 15 is 0 Å². The zero-order valence-electron chi connectivity index (χ0n) is 16.1. The molecule has 0 saturated heterocycles. The van der Waals surface area contributed by atoms with Gasteiger partial charge in [0.2, 0.25) is 17.7 Å². The summed E-state index contributed by atoms with van der Waals surface area (Å²) in [4.78, 5) is 24.7. The van der Waals surface area contributed by atoms with Crippen molar-refractivity contribution in [1.29, 1.82) is 0 Å². The normalized spacial score (nSPS) is 13.3. The second-order valence-corrected chi connectivity index (χ2v) is 5.83. The Morgan fingerprint density at radius 1 is 0.880 bits per heavy atom. The van der Waals surface area contributed by atoms with Crippen molar-refractivity contribution < 1.29 is 50.6 Å². The van der Waals surface area contributed by atoms with Crippen LogP contribution >= 0.6 is 0 Å². The summed E-state index contributed by atoms with van der Waals surface area (Å²) in [6, 6.07) is 0. The molecule has 6 nitrogen and oxygen atoms in total. The number of Topliss-reactive ketones (excluding diaryl/α,β-unsaturated/α-hetero) is 1. The van der Waals surface area contributed by atoms with E-state index in [9.17, 15) is 14.7 Å². The number of ketones is 1. The number of hydrogen-bond acceptors (Lipinski definition) is 5. The molecule has 0 aliphatic carbocycles. The topological polar surface area (TPSA) is 82.1 Å². The number of carboxylic acids is 1. The Balaban J connectivity index is 0. The SMILES string of the molecule is CCCCOC(OCCCC)C(=O)C(CC)(OCCCC)C(=O)O.[Ti]. The Kier molecular flexibility index (Phi) is 17.2. The van der Waals surface area contributed by atoms with Gasteiger partial charge < -0.3 is 19.3 Å². The fraction of sp³-hybridized carbons (Fsp3) is 0.889. The number of carbonyl (C=O) groups excluding carboxylic acids is 1. The van der Waals surface area contributed by atoms with Crippen molar-refractivity contribution in [2.45, 2.75) is 84.5 Å². The van der Waals surface area contributed by atoms with Crippen LogP contribution in [0, 0.1) is 0 Å². The van der Waals surface area contributed by atoms with Crippen molar-refractivity contribution in [1.82, 2.24) is 0 Å². The summed E-state index contributed by atoms with van der Waals surface area (Å²) in [6.45, 7) is 8.57. The van der Waals surface area contributed by atoms with Gasteiger partial charge in [-0.1, -0.05) is 47.0 Å². The summed E-state index contributed by atoms with van der Waals surface area (Å²) in [5, 5.41) is 9.63. The number of hydrogen-bond donors (Lipinski definition) is 1. The molecule has 146 valence electrons. The van der Waals surface area contributed by atoms with Crippen LogP contribution in [0.5, 0.6) is 0 Å². The van der Waals surface area contributed by atoms with E-state index in [0.717, 1.165) is 32.1 Å². The molecule has 0 aliphatic rings. The summed E-state index contributed by atoms with van der Waals surface area (Å²) in [5.41, 5.74) is -1.90. The third kappa shape index (κ3) is 9.29. The third-order valence-corrected chi connectivity index (χ3v) is 3.84. The molecular formula is C18H34O6Ti. The summed E-state index contributed by atoms with van der Waals surface area (Å²) in [5.74, 6) is -1.94. The van der Waals surface area contributed by atoms with E-state index in [-0.39, 0.29) is 34.7 Å². The Morgan fingerprint density at radius 3 is 1.68 bits per heavy atom. The van der Waals surface area contributed by atoms with Gasteiger partial charge in [-0.25, -0.2) is 4.79 Å². The van der Waals surface area contributed by atoms with Crippen LogP contribution in [-0.4, -0.2) is 48.6 Å². The van der Waals surface area contributed by atoms with Gasteiger partial charge in [0.25, 0.3) is 0 Å². The summed E-state index contributed by atoms with van der Waals surface area (Å²) in [7, 11) is 0. The minimum absolute atomic E-state index is 0. The molecule has 0 spiro atoms. The van der Waals surface area contributed by atoms with Crippen molar-refractivity contribution in [2.24, 2.45) is 0 Å². The zero-order valence-corrected chi connectivity index (χ0v) is 17.7. The van der Waals surface area contributed by atoms with E-state index in [4.69, 9.17) is 14.2 Å². The Hall–Kier alpha value is -0.266. The molecule has 0 amide bonds. The van der Waals surface area contributed by atoms with Crippen molar-refractivity contribution in [3.63, 3.8) is 0 Å². The van der Waals surface area contributed by atoms with Crippen molar-refractivity contribution in [2.75, 3.05) is 19.8 Å². The molecule has 0 aliphatic heterocycles. The maximum atomic E-state index is 12.9. The quantitative estimate of drug-likeness (QED) is 0.187. The van der Waals surface area contributed by atoms with Gasteiger partial charge in [-0.2, -0.15) is 0 Å². The van der Waals surface area contributed by atoms with Crippen LogP contribution in [-0.2, 0) is 45.5 Å². The van der Waals surface area contributed by atoms with Gasteiger partial charge in [0, 0.05) is 28.3 Å². The minimum Gasteiger partial charge on any atom is -0.479 e. The fourth-order valence-corrected chi connectivity index (χ4v) is 2.12. The second-order valence-electron chi connectivity index (χ2n) is 5.83. The molecule has 0 bridgehead atoms.